The van der Waals surface area contributed by atoms with Gasteiger partial charge in [0.2, 0.25) is 0 Å². The molecule has 0 bridgehead atoms. The highest BCUT2D eigenvalue weighted by Gasteiger charge is 2.07. The second kappa shape index (κ2) is 4.48. The van der Waals surface area contributed by atoms with Crippen LogP contribution in [0.4, 0.5) is 4.39 Å². The van der Waals surface area contributed by atoms with Gasteiger partial charge in [-0.05, 0) is 28.7 Å². The molecule has 0 amide bonds. The first-order valence-electron chi connectivity index (χ1n) is 5.53. The lowest BCUT2D eigenvalue weighted by molar-refractivity contribution is 0.599. The standard InChI is InChI=1S/C15H15F/c1-11(2)14-9-8-13(10-15(14)16)12-6-4-3-5-7-12/h3-11H,1-2H3. The quantitative estimate of drug-likeness (QED) is 0.684. The Morgan fingerprint density at radius 2 is 1.56 bits per heavy atom. The minimum absolute atomic E-state index is 0.114. The van der Waals surface area contributed by atoms with Crippen LogP contribution in [0.2, 0.25) is 0 Å². The molecule has 0 atom stereocenters. The molecule has 0 nitrogen and oxygen atoms in total. The van der Waals surface area contributed by atoms with Gasteiger partial charge in [-0.25, -0.2) is 4.39 Å². The first-order valence-corrected chi connectivity index (χ1v) is 5.53. The predicted molar refractivity (Wildman–Crippen MR) is 65.9 cm³/mol. The fraction of sp³-hybridized carbons (Fsp3) is 0.200. The molecule has 0 N–H and O–H groups in total. The van der Waals surface area contributed by atoms with Gasteiger partial charge in [0.25, 0.3) is 0 Å². The van der Waals surface area contributed by atoms with Crippen LogP contribution in [0.15, 0.2) is 48.5 Å². The Balaban J connectivity index is 2.43. The van der Waals surface area contributed by atoms with Crippen LogP contribution in [-0.2, 0) is 0 Å². The lowest BCUT2D eigenvalue weighted by atomic mass is 9.98. The van der Waals surface area contributed by atoms with Crippen LogP contribution < -0.4 is 0 Å². The summed E-state index contributed by atoms with van der Waals surface area (Å²) in [6.45, 7) is 4.00. The number of hydrogen-bond acceptors (Lipinski definition) is 0. The van der Waals surface area contributed by atoms with E-state index in [9.17, 15) is 4.39 Å². The Labute approximate surface area is 95.7 Å². The van der Waals surface area contributed by atoms with E-state index in [4.69, 9.17) is 0 Å². The summed E-state index contributed by atoms with van der Waals surface area (Å²) in [5, 5.41) is 0. The van der Waals surface area contributed by atoms with E-state index in [1.54, 1.807) is 6.07 Å². The van der Waals surface area contributed by atoms with E-state index in [2.05, 4.69) is 0 Å². The van der Waals surface area contributed by atoms with Crippen molar-refractivity contribution in [1.82, 2.24) is 0 Å². The van der Waals surface area contributed by atoms with Crippen molar-refractivity contribution in [3.05, 3.63) is 59.9 Å². The van der Waals surface area contributed by atoms with Crippen LogP contribution in [0.5, 0.6) is 0 Å². The van der Waals surface area contributed by atoms with Gasteiger partial charge in [-0.15, -0.1) is 0 Å². The smallest absolute Gasteiger partial charge is 0.127 e. The van der Waals surface area contributed by atoms with E-state index in [0.717, 1.165) is 16.7 Å². The van der Waals surface area contributed by atoms with Gasteiger partial charge >= 0.3 is 0 Å². The zero-order chi connectivity index (χ0) is 11.5. The highest BCUT2D eigenvalue weighted by atomic mass is 19.1. The molecular formula is C15H15F. The molecule has 2 rings (SSSR count). The summed E-state index contributed by atoms with van der Waals surface area (Å²) in [4.78, 5) is 0. The lowest BCUT2D eigenvalue weighted by Crippen LogP contribution is -1.93. The highest BCUT2D eigenvalue weighted by Crippen LogP contribution is 2.25. The monoisotopic (exact) mass is 214 g/mol. The molecule has 0 aliphatic heterocycles. The second-order valence-corrected chi connectivity index (χ2v) is 4.26. The van der Waals surface area contributed by atoms with Crippen molar-refractivity contribution in [3.8, 4) is 11.1 Å². The summed E-state index contributed by atoms with van der Waals surface area (Å²) in [7, 11) is 0. The van der Waals surface area contributed by atoms with Gasteiger partial charge in [0.1, 0.15) is 5.82 Å². The zero-order valence-corrected chi connectivity index (χ0v) is 9.57. The van der Waals surface area contributed by atoms with Crippen molar-refractivity contribution in [2.45, 2.75) is 19.8 Å². The Bertz CT molecular complexity index is 472. The van der Waals surface area contributed by atoms with Crippen LogP contribution >= 0.6 is 0 Å². The molecule has 2 aromatic carbocycles. The summed E-state index contributed by atoms with van der Waals surface area (Å²) in [6, 6.07) is 15.3. The van der Waals surface area contributed by atoms with Crippen molar-refractivity contribution >= 4 is 0 Å². The van der Waals surface area contributed by atoms with E-state index < -0.39 is 0 Å². The third-order valence-corrected chi connectivity index (χ3v) is 2.73. The third-order valence-electron chi connectivity index (χ3n) is 2.73. The molecule has 82 valence electrons. The first-order chi connectivity index (χ1) is 7.68. The minimum Gasteiger partial charge on any atom is -0.207 e. The van der Waals surface area contributed by atoms with Crippen LogP contribution in [-0.4, -0.2) is 0 Å². The molecule has 0 aliphatic rings. The van der Waals surface area contributed by atoms with Gasteiger partial charge in [0, 0.05) is 0 Å². The molecule has 0 heterocycles. The second-order valence-electron chi connectivity index (χ2n) is 4.26. The normalized spacial score (nSPS) is 10.8. The minimum atomic E-state index is -0.114. The summed E-state index contributed by atoms with van der Waals surface area (Å²) >= 11 is 0. The molecule has 16 heavy (non-hydrogen) atoms. The number of halogens is 1. The fourth-order valence-electron chi connectivity index (χ4n) is 1.81. The molecule has 0 radical (unpaired) electrons. The molecule has 0 spiro atoms. The third kappa shape index (κ3) is 2.13. The fourth-order valence-corrected chi connectivity index (χ4v) is 1.81. The predicted octanol–water partition coefficient (Wildman–Crippen LogP) is 4.62. The molecule has 0 unspecified atom stereocenters. The van der Waals surface area contributed by atoms with E-state index in [1.807, 2.05) is 56.3 Å². The van der Waals surface area contributed by atoms with Gasteiger partial charge in [-0.3, -0.25) is 0 Å². The van der Waals surface area contributed by atoms with E-state index >= 15 is 0 Å². The van der Waals surface area contributed by atoms with E-state index in [1.165, 1.54) is 0 Å². The summed E-state index contributed by atoms with van der Waals surface area (Å²) in [5.74, 6) is 0.112. The van der Waals surface area contributed by atoms with Crippen molar-refractivity contribution < 1.29 is 4.39 Å². The maximum absolute atomic E-state index is 13.8. The molecule has 0 saturated heterocycles. The van der Waals surface area contributed by atoms with Crippen LogP contribution in [0.25, 0.3) is 11.1 Å². The van der Waals surface area contributed by atoms with Gasteiger partial charge in [0.15, 0.2) is 0 Å². The van der Waals surface area contributed by atoms with Gasteiger partial charge in [-0.2, -0.15) is 0 Å². The molecule has 0 aliphatic carbocycles. The average molecular weight is 214 g/mol. The average Bonchev–Trinajstić information content (AvgIpc) is 2.29. The van der Waals surface area contributed by atoms with Gasteiger partial charge in [-0.1, -0.05) is 56.3 Å². The Morgan fingerprint density at radius 1 is 0.875 bits per heavy atom. The van der Waals surface area contributed by atoms with Crippen LogP contribution in [0.3, 0.4) is 0 Å². The molecular weight excluding hydrogens is 199 g/mol. The zero-order valence-electron chi connectivity index (χ0n) is 9.57. The molecule has 0 aromatic heterocycles. The van der Waals surface area contributed by atoms with Crippen molar-refractivity contribution in [1.29, 1.82) is 0 Å². The van der Waals surface area contributed by atoms with Gasteiger partial charge in [0.05, 0.1) is 0 Å². The first kappa shape index (κ1) is 10.9. The van der Waals surface area contributed by atoms with Crippen molar-refractivity contribution in [2.24, 2.45) is 0 Å². The Kier molecular flexibility index (Phi) is 3.04. The van der Waals surface area contributed by atoms with Crippen LogP contribution in [0.1, 0.15) is 25.3 Å². The summed E-state index contributed by atoms with van der Waals surface area (Å²) in [5.41, 5.74) is 2.76. The molecule has 0 saturated carbocycles. The summed E-state index contributed by atoms with van der Waals surface area (Å²) in [6.07, 6.45) is 0. The Hall–Kier alpha value is -1.63. The Morgan fingerprint density at radius 3 is 2.12 bits per heavy atom. The van der Waals surface area contributed by atoms with E-state index in [0.29, 0.717) is 0 Å². The summed E-state index contributed by atoms with van der Waals surface area (Å²) < 4.78 is 13.8. The topological polar surface area (TPSA) is 0 Å². The lowest BCUT2D eigenvalue weighted by Gasteiger charge is -2.09. The highest BCUT2D eigenvalue weighted by molar-refractivity contribution is 5.63. The van der Waals surface area contributed by atoms with E-state index in [-0.39, 0.29) is 11.7 Å². The SMILES string of the molecule is CC(C)c1ccc(-c2ccccc2)cc1F. The van der Waals surface area contributed by atoms with Crippen molar-refractivity contribution in [3.63, 3.8) is 0 Å². The molecule has 0 fully saturated rings. The van der Waals surface area contributed by atoms with Crippen LogP contribution in [0, 0.1) is 5.82 Å². The number of benzene rings is 2. The maximum Gasteiger partial charge on any atom is 0.127 e. The number of hydrogen-bond donors (Lipinski definition) is 0. The van der Waals surface area contributed by atoms with Crippen molar-refractivity contribution in [2.75, 3.05) is 0 Å². The van der Waals surface area contributed by atoms with Gasteiger partial charge < -0.3 is 0 Å². The maximum atomic E-state index is 13.8. The molecule has 1 heteroatoms. The number of rotatable bonds is 2. The largest absolute Gasteiger partial charge is 0.207 e. The molecule has 2 aromatic rings.